The summed E-state index contributed by atoms with van der Waals surface area (Å²) in [6.45, 7) is 4.55. The van der Waals surface area contributed by atoms with Crippen molar-refractivity contribution >= 4 is 15.4 Å². The third-order valence-corrected chi connectivity index (χ3v) is 3.24. The van der Waals surface area contributed by atoms with Crippen LogP contribution >= 0.6 is 0 Å². The second-order valence-corrected chi connectivity index (χ2v) is 4.24. The van der Waals surface area contributed by atoms with Crippen molar-refractivity contribution in [2.24, 2.45) is 0 Å². The van der Waals surface area contributed by atoms with Crippen LogP contribution in [0.2, 0.25) is 0 Å². The summed E-state index contributed by atoms with van der Waals surface area (Å²) in [4.78, 5) is 0. The van der Waals surface area contributed by atoms with Crippen LogP contribution in [-0.4, -0.2) is 10.2 Å². The molecule has 1 rings (SSSR count). The van der Waals surface area contributed by atoms with Crippen LogP contribution in [0.1, 0.15) is 31.7 Å². The first-order chi connectivity index (χ1) is 5.25. The van der Waals surface area contributed by atoms with E-state index >= 15 is 0 Å². The Balaban J connectivity index is 2.93. The number of benzene rings is 1. The molecule has 0 spiro atoms. The van der Waals surface area contributed by atoms with Gasteiger partial charge in [-0.3, -0.25) is 0 Å². The van der Waals surface area contributed by atoms with Crippen LogP contribution in [0.15, 0.2) is 24.3 Å². The van der Waals surface area contributed by atoms with Gasteiger partial charge in [-0.25, -0.2) is 0 Å². The standard InChI is InChI=1S/C10H16Si/c1-3-8(2)9-6-4-5-7-10(9)11/h4-8H,3H2,1-2,11H3. The molecule has 1 heteroatoms. The van der Waals surface area contributed by atoms with Gasteiger partial charge in [-0.05, 0) is 17.9 Å². The number of rotatable bonds is 2. The molecule has 1 aromatic rings. The molecule has 0 aromatic heterocycles. The molecule has 0 saturated carbocycles. The molecular formula is C10H16Si. The highest BCUT2D eigenvalue weighted by Crippen LogP contribution is 2.14. The summed E-state index contributed by atoms with van der Waals surface area (Å²) >= 11 is 0. The topological polar surface area (TPSA) is 0 Å². The molecule has 0 amide bonds. The summed E-state index contributed by atoms with van der Waals surface area (Å²) in [5, 5.41) is 1.56. The Hall–Kier alpha value is -0.563. The zero-order valence-corrected chi connectivity index (χ0v) is 9.59. The van der Waals surface area contributed by atoms with E-state index < -0.39 is 0 Å². The van der Waals surface area contributed by atoms with Gasteiger partial charge in [-0.2, -0.15) is 0 Å². The monoisotopic (exact) mass is 164 g/mol. The largest absolute Gasteiger partial charge is 0.0674 e. The molecule has 0 radical (unpaired) electrons. The minimum atomic E-state index is 0.740. The molecule has 1 unspecified atom stereocenters. The van der Waals surface area contributed by atoms with E-state index in [1.54, 1.807) is 10.8 Å². The molecular weight excluding hydrogens is 148 g/mol. The van der Waals surface area contributed by atoms with Crippen molar-refractivity contribution in [3.8, 4) is 0 Å². The van der Waals surface area contributed by atoms with Gasteiger partial charge in [-0.1, -0.05) is 43.3 Å². The molecule has 0 aliphatic carbocycles. The number of hydrogen-bond acceptors (Lipinski definition) is 0. The molecule has 1 aromatic carbocycles. The van der Waals surface area contributed by atoms with Crippen LogP contribution < -0.4 is 5.19 Å². The molecule has 0 nitrogen and oxygen atoms in total. The fourth-order valence-electron chi connectivity index (χ4n) is 1.36. The lowest BCUT2D eigenvalue weighted by atomic mass is 9.99. The zero-order chi connectivity index (χ0) is 8.27. The van der Waals surface area contributed by atoms with Crippen LogP contribution in [0.5, 0.6) is 0 Å². The molecule has 0 aliphatic heterocycles. The van der Waals surface area contributed by atoms with Gasteiger partial charge in [-0.15, -0.1) is 0 Å². The fraction of sp³-hybridized carbons (Fsp3) is 0.400. The summed E-state index contributed by atoms with van der Waals surface area (Å²) in [7, 11) is 1.18. The van der Waals surface area contributed by atoms with E-state index in [4.69, 9.17) is 0 Å². The molecule has 0 bridgehead atoms. The predicted molar refractivity (Wildman–Crippen MR) is 54.7 cm³/mol. The molecule has 0 N–H and O–H groups in total. The lowest BCUT2D eigenvalue weighted by molar-refractivity contribution is 0.738. The van der Waals surface area contributed by atoms with E-state index in [-0.39, 0.29) is 0 Å². The van der Waals surface area contributed by atoms with Gasteiger partial charge in [0.2, 0.25) is 0 Å². The lowest BCUT2D eigenvalue weighted by Gasteiger charge is -2.11. The zero-order valence-electron chi connectivity index (χ0n) is 7.59. The summed E-state index contributed by atoms with van der Waals surface area (Å²) in [5.41, 5.74) is 1.56. The predicted octanol–water partition coefficient (Wildman–Crippen LogP) is 1.19. The molecule has 0 fully saturated rings. The SMILES string of the molecule is CCC(C)c1ccccc1[SiH3]. The summed E-state index contributed by atoms with van der Waals surface area (Å²) in [6.07, 6.45) is 1.25. The summed E-state index contributed by atoms with van der Waals surface area (Å²) in [6, 6.07) is 8.78. The highest BCUT2D eigenvalue weighted by Gasteiger charge is 2.03. The summed E-state index contributed by atoms with van der Waals surface area (Å²) < 4.78 is 0. The Morgan fingerprint density at radius 2 is 2.00 bits per heavy atom. The highest BCUT2D eigenvalue weighted by atomic mass is 28.1. The van der Waals surface area contributed by atoms with Crippen LogP contribution in [0.4, 0.5) is 0 Å². The second-order valence-electron chi connectivity index (χ2n) is 3.17. The smallest absolute Gasteiger partial charge is 0.0388 e. The first kappa shape index (κ1) is 8.53. The van der Waals surface area contributed by atoms with Gasteiger partial charge in [0.1, 0.15) is 0 Å². The van der Waals surface area contributed by atoms with Gasteiger partial charge in [0.05, 0.1) is 0 Å². The second kappa shape index (κ2) is 3.72. The summed E-state index contributed by atoms with van der Waals surface area (Å²) in [5.74, 6) is 0.740. The first-order valence-corrected chi connectivity index (χ1v) is 5.31. The number of hydrogen-bond donors (Lipinski definition) is 0. The quantitative estimate of drug-likeness (QED) is 0.576. The van der Waals surface area contributed by atoms with Gasteiger partial charge in [0.15, 0.2) is 0 Å². The first-order valence-electron chi connectivity index (χ1n) is 4.31. The third kappa shape index (κ3) is 1.93. The van der Waals surface area contributed by atoms with E-state index in [0.29, 0.717) is 0 Å². The Labute approximate surface area is 72.1 Å². The van der Waals surface area contributed by atoms with Crippen LogP contribution in [0.3, 0.4) is 0 Å². The van der Waals surface area contributed by atoms with Crippen LogP contribution in [0.25, 0.3) is 0 Å². The van der Waals surface area contributed by atoms with E-state index in [9.17, 15) is 0 Å². The Morgan fingerprint density at radius 1 is 1.36 bits per heavy atom. The molecule has 0 aliphatic rings. The minimum absolute atomic E-state index is 0.740. The molecule has 0 saturated heterocycles. The van der Waals surface area contributed by atoms with Gasteiger partial charge < -0.3 is 0 Å². The maximum absolute atomic E-state index is 2.30. The van der Waals surface area contributed by atoms with E-state index in [0.717, 1.165) is 5.92 Å². The van der Waals surface area contributed by atoms with Crippen molar-refractivity contribution in [2.75, 3.05) is 0 Å². The molecule has 11 heavy (non-hydrogen) atoms. The van der Waals surface area contributed by atoms with Crippen molar-refractivity contribution in [1.82, 2.24) is 0 Å². The average Bonchev–Trinajstić information content (AvgIpc) is 2.04. The van der Waals surface area contributed by atoms with Gasteiger partial charge in [0, 0.05) is 10.2 Å². The highest BCUT2D eigenvalue weighted by molar-refractivity contribution is 6.33. The van der Waals surface area contributed by atoms with Crippen molar-refractivity contribution in [3.05, 3.63) is 29.8 Å². The van der Waals surface area contributed by atoms with Crippen molar-refractivity contribution in [1.29, 1.82) is 0 Å². The van der Waals surface area contributed by atoms with Crippen molar-refractivity contribution < 1.29 is 0 Å². The van der Waals surface area contributed by atoms with Crippen LogP contribution in [0, 0.1) is 0 Å². The molecule has 1 atom stereocenters. The Morgan fingerprint density at radius 3 is 2.55 bits per heavy atom. The van der Waals surface area contributed by atoms with Gasteiger partial charge in [0.25, 0.3) is 0 Å². The Kier molecular flexibility index (Phi) is 2.89. The fourth-order valence-corrected chi connectivity index (χ4v) is 2.21. The van der Waals surface area contributed by atoms with Gasteiger partial charge >= 0.3 is 0 Å². The maximum Gasteiger partial charge on any atom is 0.0388 e. The van der Waals surface area contributed by atoms with E-state index in [1.807, 2.05) is 0 Å². The third-order valence-electron chi connectivity index (χ3n) is 2.33. The van der Waals surface area contributed by atoms with E-state index in [1.165, 1.54) is 16.7 Å². The van der Waals surface area contributed by atoms with Crippen molar-refractivity contribution in [3.63, 3.8) is 0 Å². The lowest BCUT2D eigenvalue weighted by Crippen LogP contribution is -2.11. The average molecular weight is 164 g/mol. The van der Waals surface area contributed by atoms with E-state index in [2.05, 4.69) is 38.1 Å². The maximum atomic E-state index is 2.30. The Bertz CT molecular complexity index is 230. The molecule has 60 valence electrons. The minimum Gasteiger partial charge on any atom is -0.0674 e. The molecule has 0 heterocycles. The normalized spacial score (nSPS) is 13.3. The van der Waals surface area contributed by atoms with Crippen LogP contribution in [-0.2, 0) is 0 Å². The van der Waals surface area contributed by atoms with Crippen molar-refractivity contribution in [2.45, 2.75) is 26.2 Å².